The Kier molecular flexibility index (Phi) is 5.65. The zero-order valence-corrected chi connectivity index (χ0v) is 11.9. The maximum absolute atomic E-state index is 12.7. The highest BCUT2D eigenvalue weighted by molar-refractivity contribution is 4.85. The lowest BCUT2D eigenvalue weighted by Crippen LogP contribution is -2.49. The van der Waals surface area contributed by atoms with Crippen molar-refractivity contribution in [2.24, 2.45) is 5.92 Å². The minimum Gasteiger partial charge on any atom is -0.388 e. The van der Waals surface area contributed by atoms with Crippen molar-refractivity contribution in [1.29, 1.82) is 0 Å². The predicted octanol–water partition coefficient (Wildman–Crippen LogP) is 2.01. The largest absolute Gasteiger partial charge is 0.391 e. The second-order valence-corrected chi connectivity index (χ2v) is 6.22. The van der Waals surface area contributed by atoms with Gasteiger partial charge in [-0.2, -0.15) is 13.2 Å². The van der Waals surface area contributed by atoms with Crippen LogP contribution in [0.2, 0.25) is 0 Å². The summed E-state index contributed by atoms with van der Waals surface area (Å²) in [5, 5.41) is 13.2. The number of likely N-dealkylation sites (N-methyl/N-ethyl adjacent to an activating group) is 1. The Balaban J connectivity index is 2.41. The van der Waals surface area contributed by atoms with Gasteiger partial charge in [-0.05, 0) is 40.3 Å². The van der Waals surface area contributed by atoms with Gasteiger partial charge in [0.15, 0.2) is 0 Å². The van der Waals surface area contributed by atoms with Gasteiger partial charge in [0.05, 0.1) is 11.5 Å². The Bertz CT molecular complexity index is 280. The quantitative estimate of drug-likeness (QED) is 0.809. The molecule has 0 saturated heterocycles. The second kappa shape index (κ2) is 6.41. The number of hydrogen-bond acceptors (Lipinski definition) is 3. The van der Waals surface area contributed by atoms with E-state index >= 15 is 0 Å². The molecule has 0 radical (unpaired) electrons. The molecule has 0 aromatic carbocycles. The van der Waals surface area contributed by atoms with Crippen molar-refractivity contribution in [3.8, 4) is 0 Å². The van der Waals surface area contributed by atoms with Crippen LogP contribution in [0.15, 0.2) is 0 Å². The van der Waals surface area contributed by atoms with Crippen molar-refractivity contribution < 1.29 is 18.3 Å². The fourth-order valence-corrected chi connectivity index (χ4v) is 2.77. The first-order valence-corrected chi connectivity index (χ1v) is 6.77. The minimum absolute atomic E-state index is 0.127. The fraction of sp³-hybridized carbons (Fsp3) is 1.00. The summed E-state index contributed by atoms with van der Waals surface area (Å²) in [7, 11) is 3.71. The van der Waals surface area contributed by atoms with Gasteiger partial charge in [-0.15, -0.1) is 0 Å². The van der Waals surface area contributed by atoms with Crippen molar-refractivity contribution in [1.82, 2.24) is 10.2 Å². The number of hydrogen-bond donors (Lipinski definition) is 2. The highest BCUT2D eigenvalue weighted by atomic mass is 19.4. The molecule has 1 aliphatic rings. The van der Waals surface area contributed by atoms with E-state index in [0.29, 0.717) is 19.5 Å². The molecule has 0 aromatic rings. The molecule has 0 bridgehead atoms. The molecule has 6 heteroatoms. The van der Waals surface area contributed by atoms with Crippen molar-refractivity contribution in [2.45, 2.75) is 50.4 Å². The van der Waals surface area contributed by atoms with Gasteiger partial charge in [0, 0.05) is 19.1 Å². The Morgan fingerprint density at radius 3 is 2.42 bits per heavy atom. The molecule has 0 aromatic heterocycles. The third kappa shape index (κ3) is 6.10. The lowest BCUT2D eigenvalue weighted by molar-refractivity contribution is -0.183. The summed E-state index contributed by atoms with van der Waals surface area (Å²) < 4.78 is 38.0. The zero-order chi connectivity index (χ0) is 14.7. The Morgan fingerprint density at radius 1 is 1.26 bits per heavy atom. The predicted molar refractivity (Wildman–Crippen MR) is 69.0 cm³/mol. The van der Waals surface area contributed by atoms with E-state index in [2.05, 4.69) is 5.32 Å². The zero-order valence-electron chi connectivity index (χ0n) is 11.9. The van der Waals surface area contributed by atoms with Crippen LogP contribution >= 0.6 is 0 Å². The summed E-state index contributed by atoms with van der Waals surface area (Å²) in [5.41, 5.74) is -0.922. The van der Waals surface area contributed by atoms with E-state index in [1.807, 2.05) is 19.0 Å². The Hall–Kier alpha value is -0.330. The lowest BCUT2D eigenvalue weighted by Gasteiger charge is -2.34. The van der Waals surface area contributed by atoms with Crippen molar-refractivity contribution in [2.75, 3.05) is 27.2 Å². The molecule has 1 rings (SSSR count). The monoisotopic (exact) mass is 282 g/mol. The normalized spacial score (nSPS) is 28.4. The van der Waals surface area contributed by atoms with E-state index in [1.165, 1.54) is 0 Å². The van der Waals surface area contributed by atoms with Gasteiger partial charge in [-0.3, -0.25) is 0 Å². The van der Waals surface area contributed by atoms with Crippen LogP contribution in [0.25, 0.3) is 0 Å². The molecule has 2 N–H and O–H groups in total. The van der Waals surface area contributed by atoms with Crippen LogP contribution in [0.1, 0.15) is 32.6 Å². The van der Waals surface area contributed by atoms with Gasteiger partial charge >= 0.3 is 6.18 Å². The molecule has 3 atom stereocenters. The maximum Gasteiger partial charge on any atom is 0.391 e. The number of aliphatic hydroxyl groups is 1. The maximum atomic E-state index is 12.7. The molecule has 1 saturated carbocycles. The smallest absolute Gasteiger partial charge is 0.388 e. The van der Waals surface area contributed by atoms with Crippen LogP contribution in [0, 0.1) is 5.92 Å². The molecule has 114 valence electrons. The molecule has 0 amide bonds. The Labute approximate surface area is 113 Å². The highest BCUT2D eigenvalue weighted by Gasteiger charge is 2.42. The van der Waals surface area contributed by atoms with Gasteiger partial charge in [0.25, 0.3) is 0 Å². The summed E-state index contributed by atoms with van der Waals surface area (Å²) in [4.78, 5) is 1.86. The Morgan fingerprint density at radius 2 is 1.89 bits per heavy atom. The van der Waals surface area contributed by atoms with E-state index in [4.69, 9.17) is 0 Å². The van der Waals surface area contributed by atoms with Crippen LogP contribution < -0.4 is 5.32 Å². The van der Waals surface area contributed by atoms with Crippen LogP contribution in [-0.2, 0) is 0 Å². The summed E-state index contributed by atoms with van der Waals surface area (Å²) in [6, 6.07) is -0.144. The third-order valence-electron chi connectivity index (χ3n) is 3.57. The van der Waals surface area contributed by atoms with Gasteiger partial charge in [-0.25, -0.2) is 0 Å². The SMILES string of the molecule is CN(C)C[C@](C)(O)CN[C@H]1CCC[C@@H](C(F)(F)F)C1. The number of rotatable bonds is 5. The number of halogens is 3. The number of nitrogens with one attached hydrogen (secondary N) is 1. The summed E-state index contributed by atoms with van der Waals surface area (Å²) in [6.07, 6.45) is -2.38. The summed E-state index contributed by atoms with van der Waals surface area (Å²) >= 11 is 0. The molecular formula is C13H25F3N2O. The van der Waals surface area contributed by atoms with E-state index in [1.54, 1.807) is 6.92 Å². The summed E-state index contributed by atoms with van der Waals surface area (Å²) in [5.74, 6) is -1.20. The molecule has 0 aliphatic heterocycles. The summed E-state index contributed by atoms with van der Waals surface area (Å²) in [6.45, 7) is 2.50. The number of nitrogens with zero attached hydrogens (tertiary/aromatic N) is 1. The first-order valence-electron chi connectivity index (χ1n) is 6.77. The topological polar surface area (TPSA) is 35.5 Å². The van der Waals surface area contributed by atoms with E-state index in [0.717, 1.165) is 6.42 Å². The molecule has 0 heterocycles. The average molecular weight is 282 g/mol. The highest BCUT2D eigenvalue weighted by Crippen LogP contribution is 2.37. The standard InChI is InChI=1S/C13H25F3N2O/c1-12(19,9-18(2)3)8-17-11-6-4-5-10(7-11)13(14,15)16/h10-11,17,19H,4-9H2,1-3H3/t10-,11+,12-/m1/s1. The molecule has 1 aliphatic carbocycles. The second-order valence-electron chi connectivity index (χ2n) is 6.22. The average Bonchev–Trinajstić information content (AvgIpc) is 2.24. The van der Waals surface area contributed by atoms with Gasteiger partial charge in [0.2, 0.25) is 0 Å². The van der Waals surface area contributed by atoms with E-state index < -0.39 is 17.7 Å². The molecule has 0 unspecified atom stereocenters. The molecular weight excluding hydrogens is 257 g/mol. The molecule has 19 heavy (non-hydrogen) atoms. The van der Waals surface area contributed by atoms with Crippen LogP contribution in [0.4, 0.5) is 13.2 Å². The first kappa shape index (κ1) is 16.7. The molecule has 0 spiro atoms. The van der Waals surface area contributed by atoms with Crippen molar-refractivity contribution in [3.63, 3.8) is 0 Å². The van der Waals surface area contributed by atoms with E-state index in [9.17, 15) is 18.3 Å². The first-order chi connectivity index (χ1) is 8.60. The van der Waals surface area contributed by atoms with E-state index in [-0.39, 0.29) is 18.9 Å². The minimum atomic E-state index is -4.09. The van der Waals surface area contributed by atoms with Crippen LogP contribution in [0.3, 0.4) is 0 Å². The molecule has 1 fully saturated rings. The van der Waals surface area contributed by atoms with Gasteiger partial charge in [-0.1, -0.05) is 6.42 Å². The third-order valence-corrected chi connectivity index (χ3v) is 3.57. The van der Waals surface area contributed by atoms with Crippen molar-refractivity contribution >= 4 is 0 Å². The van der Waals surface area contributed by atoms with Crippen LogP contribution in [0.5, 0.6) is 0 Å². The van der Waals surface area contributed by atoms with Crippen LogP contribution in [-0.4, -0.2) is 55.0 Å². The fourth-order valence-electron chi connectivity index (χ4n) is 2.77. The van der Waals surface area contributed by atoms with Crippen molar-refractivity contribution in [3.05, 3.63) is 0 Å². The number of alkyl halides is 3. The van der Waals surface area contributed by atoms with Gasteiger partial charge in [0.1, 0.15) is 0 Å². The van der Waals surface area contributed by atoms with Gasteiger partial charge < -0.3 is 15.3 Å². The lowest BCUT2D eigenvalue weighted by atomic mass is 9.85. The molecule has 3 nitrogen and oxygen atoms in total.